The van der Waals surface area contributed by atoms with E-state index in [0.29, 0.717) is 17.9 Å². The summed E-state index contributed by atoms with van der Waals surface area (Å²) < 4.78 is 13.0. The van der Waals surface area contributed by atoms with Gasteiger partial charge in [-0.1, -0.05) is 0 Å². The molecule has 0 radical (unpaired) electrons. The molecule has 2 aliphatic carbocycles. The second-order valence-electron chi connectivity index (χ2n) is 6.08. The Labute approximate surface area is 118 Å². The predicted octanol–water partition coefficient (Wildman–Crippen LogP) is 2.85. The summed E-state index contributed by atoms with van der Waals surface area (Å²) in [4.78, 5) is 12.0. The summed E-state index contributed by atoms with van der Waals surface area (Å²) in [5.74, 6) is 1.20. The molecule has 2 aliphatic rings. The molecule has 0 atom stereocenters. The number of rotatable bonds is 6. The van der Waals surface area contributed by atoms with E-state index in [0.717, 1.165) is 11.3 Å². The number of carbonyl (C=O) groups is 1. The Balaban J connectivity index is 1.51. The Bertz CT molecular complexity index is 497. The van der Waals surface area contributed by atoms with Crippen LogP contribution in [-0.2, 0) is 4.79 Å². The molecule has 1 aromatic carbocycles. The van der Waals surface area contributed by atoms with Gasteiger partial charge < -0.3 is 10.6 Å². The number of halogens is 1. The lowest BCUT2D eigenvalue weighted by Crippen LogP contribution is -2.41. The zero-order valence-corrected chi connectivity index (χ0v) is 11.8. The monoisotopic (exact) mass is 276 g/mol. The van der Waals surface area contributed by atoms with E-state index in [9.17, 15) is 9.18 Å². The first-order valence-corrected chi connectivity index (χ1v) is 7.43. The number of hydrogen-bond donors (Lipinski definition) is 2. The lowest BCUT2D eigenvalue weighted by molar-refractivity contribution is -0.120. The standard InChI is InChI=1S/C16H21FN2O/c1-10-8-13(17)6-7-14(10)18-9-15(20)19-16(11-2-3-11)12-4-5-12/h6-8,11-12,16,18H,2-5,9H2,1H3,(H,19,20). The molecule has 0 unspecified atom stereocenters. The first-order valence-electron chi connectivity index (χ1n) is 7.43. The van der Waals surface area contributed by atoms with Gasteiger partial charge in [0.05, 0.1) is 6.54 Å². The fourth-order valence-corrected chi connectivity index (χ4v) is 2.77. The van der Waals surface area contributed by atoms with E-state index >= 15 is 0 Å². The van der Waals surface area contributed by atoms with Gasteiger partial charge >= 0.3 is 0 Å². The van der Waals surface area contributed by atoms with Crippen molar-refractivity contribution in [3.05, 3.63) is 29.6 Å². The highest BCUT2D eigenvalue weighted by Crippen LogP contribution is 2.44. The topological polar surface area (TPSA) is 41.1 Å². The molecule has 4 heteroatoms. The minimum Gasteiger partial charge on any atom is -0.376 e. The van der Waals surface area contributed by atoms with E-state index in [4.69, 9.17) is 0 Å². The van der Waals surface area contributed by atoms with E-state index < -0.39 is 0 Å². The van der Waals surface area contributed by atoms with Crippen LogP contribution < -0.4 is 10.6 Å². The molecule has 3 nitrogen and oxygen atoms in total. The lowest BCUT2D eigenvalue weighted by Gasteiger charge is -2.18. The van der Waals surface area contributed by atoms with Crippen LogP contribution in [0, 0.1) is 24.6 Å². The van der Waals surface area contributed by atoms with Gasteiger partial charge in [-0.2, -0.15) is 0 Å². The molecule has 0 aliphatic heterocycles. The third-order valence-corrected chi connectivity index (χ3v) is 4.22. The summed E-state index contributed by atoms with van der Waals surface area (Å²) in [6.07, 6.45) is 5.02. The van der Waals surface area contributed by atoms with Crippen LogP contribution in [0.3, 0.4) is 0 Å². The molecule has 0 bridgehead atoms. The van der Waals surface area contributed by atoms with Crippen molar-refractivity contribution >= 4 is 11.6 Å². The molecule has 3 rings (SSSR count). The molecule has 108 valence electrons. The summed E-state index contributed by atoms with van der Waals surface area (Å²) in [5.41, 5.74) is 1.63. The van der Waals surface area contributed by atoms with Crippen molar-refractivity contribution in [3.8, 4) is 0 Å². The van der Waals surface area contributed by atoms with Gasteiger partial charge in [-0.15, -0.1) is 0 Å². The molecule has 0 aromatic heterocycles. The Kier molecular flexibility index (Phi) is 3.64. The quantitative estimate of drug-likeness (QED) is 0.839. The summed E-state index contributed by atoms with van der Waals surface area (Å²) in [5, 5.41) is 6.25. The minimum absolute atomic E-state index is 0.0394. The summed E-state index contributed by atoms with van der Waals surface area (Å²) in [6, 6.07) is 4.94. The van der Waals surface area contributed by atoms with E-state index in [1.165, 1.54) is 37.8 Å². The van der Waals surface area contributed by atoms with Gasteiger partial charge in [-0.25, -0.2) is 4.39 Å². The van der Waals surface area contributed by atoms with Crippen LogP contribution in [0.15, 0.2) is 18.2 Å². The number of carbonyl (C=O) groups excluding carboxylic acids is 1. The minimum atomic E-state index is -0.250. The maximum atomic E-state index is 13.0. The number of anilines is 1. The Hall–Kier alpha value is -1.58. The van der Waals surface area contributed by atoms with Gasteiger partial charge in [-0.3, -0.25) is 4.79 Å². The highest BCUT2D eigenvalue weighted by Gasteiger charge is 2.42. The van der Waals surface area contributed by atoms with Crippen molar-refractivity contribution < 1.29 is 9.18 Å². The van der Waals surface area contributed by atoms with Crippen molar-refractivity contribution in [2.24, 2.45) is 11.8 Å². The van der Waals surface area contributed by atoms with Gasteiger partial charge in [0.2, 0.25) is 5.91 Å². The largest absolute Gasteiger partial charge is 0.376 e. The molecule has 2 fully saturated rings. The van der Waals surface area contributed by atoms with Crippen LogP contribution in [0.4, 0.5) is 10.1 Å². The molecule has 0 heterocycles. The van der Waals surface area contributed by atoms with Gasteiger partial charge in [0.25, 0.3) is 0 Å². The Morgan fingerprint density at radius 2 is 1.95 bits per heavy atom. The normalized spacial score (nSPS) is 18.1. The molecule has 20 heavy (non-hydrogen) atoms. The third kappa shape index (κ3) is 3.30. The van der Waals surface area contributed by atoms with Crippen molar-refractivity contribution in [1.82, 2.24) is 5.32 Å². The highest BCUT2D eigenvalue weighted by atomic mass is 19.1. The molecular weight excluding hydrogens is 255 g/mol. The summed E-state index contributed by atoms with van der Waals surface area (Å²) in [6.45, 7) is 2.09. The van der Waals surface area contributed by atoms with Crippen LogP contribution in [0.25, 0.3) is 0 Å². The zero-order chi connectivity index (χ0) is 14.1. The SMILES string of the molecule is Cc1cc(F)ccc1NCC(=O)NC(C1CC1)C1CC1. The van der Waals surface area contributed by atoms with E-state index in [2.05, 4.69) is 10.6 Å². The van der Waals surface area contributed by atoms with Crippen LogP contribution in [0.1, 0.15) is 31.2 Å². The van der Waals surface area contributed by atoms with Gasteiger partial charge in [0, 0.05) is 11.7 Å². The number of amides is 1. The molecule has 2 saturated carbocycles. The molecule has 0 saturated heterocycles. The highest BCUT2D eigenvalue weighted by molar-refractivity contribution is 5.81. The van der Waals surface area contributed by atoms with Crippen LogP contribution >= 0.6 is 0 Å². The summed E-state index contributed by atoms with van der Waals surface area (Å²) in [7, 11) is 0. The van der Waals surface area contributed by atoms with Crippen LogP contribution in [0.2, 0.25) is 0 Å². The fourth-order valence-electron chi connectivity index (χ4n) is 2.77. The molecule has 0 spiro atoms. The van der Waals surface area contributed by atoms with Gasteiger partial charge in [0.1, 0.15) is 5.82 Å². The number of nitrogens with one attached hydrogen (secondary N) is 2. The first kappa shape index (κ1) is 13.4. The molecular formula is C16H21FN2O. The van der Waals surface area contributed by atoms with Crippen molar-refractivity contribution in [2.45, 2.75) is 38.6 Å². The van der Waals surface area contributed by atoms with Gasteiger partial charge in [-0.05, 0) is 68.2 Å². The Morgan fingerprint density at radius 3 is 2.50 bits per heavy atom. The number of benzene rings is 1. The second-order valence-corrected chi connectivity index (χ2v) is 6.08. The maximum absolute atomic E-state index is 13.0. The lowest BCUT2D eigenvalue weighted by atomic mass is 10.1. The summed E-state index contributed by atoms with van der Waals surface area (Å²) >= 11 is 0. The van der Waals surface area contributed by atoms with Crippen molar-refractivity contribution in [2.75, 3.05) is 11.9 Å². The smallest absolute Gasteiger partial charge is 0.239 e. The third-order valence-electron chi connectivity index (χ3n) is 4.22. The molecule has 1 amide bonds. The number of aryl methyl sites for hydroxylation is 1. The second kappa shape index (κ2) is 5.43. The van der Waals surface area contributed by atoms with Crippen LogP contribution in [-0.4, -0.2) is 18.5 Å². The van der Waals surface area contributed by atoms with Crippen molar-refractivity contribution in [3.63, 3.8) is 0 Å². The predicted molar refractivity (Wildman–Crippen MR) is 77.0 cm³/mol. The van der Waals surface area contributed by atoms with Gasteiger partial charge in [0.15, 0.2) is 0 Å². The Morgan fingerprint density at radius 1 is 1.30 bits per heavy atom. The molecule has 1 aromatic rings. The van der Waals surface area contributed by atoms with E-state index in [-0.39, 0.29) is 18.3 Å². The fraction of sp³-hybridized carbons (Fsp3) is 0.562. The molecule has 2 N–H and O–H groups in total. The van der Waals surface area contributed by atoms with E-state index in [1.807, 2.05) is 6.92 Å². The average Bonchev–Trinajstić information content (AvgIpc) is 3.28. The average molecular weight is 276 g/mol. The zero-order valence-electron chi connectivity index (χ0n) is 11.8. The van der Waals surface area contributed by atoms with Crippen LogP contribution in [0.5, 0.6) is 0 Å². The van der Waals surface area contributed by atoms with E-state index in [1.54, 1.807) is 6.07 Å². The number of hydrogen-bond acceptors (Lipinski definition) is 2. The van der Waals surface area contributed by atoms with Crippen molar-refractivity contribution in [1.29, 1.82) is 0 Å². The maximum Gasteiger partial charge on any atom is 0.239 e. The first-order chi connectivity index (χ1) is 9.63.